The van der Waals surface area contributed by atoms with Gasteiger partial charge in [-0.3, -0.25) is 4.72 Å². The first-order valence-corrected chi connectivity index (χ1v) is 8.45. The standard InChI is InChI=1S/C13H17N3O2S2/c1-8(2)10-4-6-11(7-5-10)16-20(17,18)12-9(3)15-13(14)19-12/h4-8,16H,1-3H3,(H2,14,15). The number of thiazole rings is 1. The lowest BCUT2D eigenvalue weighted by Crippen LogP contribution is -2.12. The second-order valence-corrected chi connectivity index (χ2v) is 7.72. The van der Waals surface area contributed by atoms with Crippen LogP contribution in [0.4, 0.5) is 10.8 Å². The van der Waals surface area contributed by atoms with Gasteiger partial charge in [-0.25, -0.2) is 13.4 Å². The van der Waals surface area contributed by atoms with E-state index in [2.05, 4.69) is 23.6 Å². The number of anilines is 2. The fourth-order valence-electron chi connectivity index (χ4n) is 1.79. The van der Waals surface area contributed by atoms with Gasteiger partial charge < -0.3 is 5.73 Å². The van der Waals surface area contributed by atoms with Crippen LogP contribution in [-0.2, 0) is 10.0 Å². The molecule has 0 saturated heterocycles. The van der Waals surface area contributed by atoms with Gasteiger partial charge in [-0.1, -0.05) is 37.3 Å². The molecule has 5 nitrogen and oxygen atoms in total. The van der Waals surface area contributed by atoms with Gasteiger partial charge in [0.15, 0.2) is 9.34 Å². The summed E-state index contributed by atoms with van der Waals surface area (Å²) in [6.07, 6.45) is 0. The number of nitrogens with zero attached hydrogens (tertiary/aromatic N) is 1. The van der Waals surface area contributed by atoms with Crippen molar-refractivity contribution in [3.8, 4) is 0 Å². The van der Waals surface area contributed by atoms with Crippen molar-refractivity contribution >= 4 is 32.2 Å². The van der Waals surface area contributed by atoms with Crippen LogP contribution in [0, 0.1) is 6.92 Å². The van der Waals surface area contributed by atoms with E-state index in [0.29, 0.717) is 17.3 Å². The summed E-state index contributed by atoms with van der Waals surface area (Å²) in [4.78, 5) is 3.93. The van der Waals surface area contributed by atoms with Crippen molar-refractivity contribution < 1.29 is 8.42 Å². The molecule has 0 radical (unpaired) electrons. The van der Waals surface area contributed by atoms with E-state index < -0.39 is 10.0 Å². The summed E-state index contributed by atoms with van der Waals surface area (Å²) in [6, 6.07) is 7.34. The van der Waals surface area contributed by atoms with Gasteiger partial charge in [-0.05, 0) is 30.5 Å². The predicted octanol–water partition coefficient (Wildman–Crippen LogP) is 2.96. The van der Waals surface area contributed by atoms with Crippen molar-refractivity contribution in [2.24, 2.45) is 0 Å². The van der Waals surface area contributed by atoms with Gasteiger partial charge in [0.25, 0.3) is 10.0 Å². The first-order chi connectivity index (χ1) is 9.29. The molecule has 1 heterocycles. The van der Waals surface area contributed by atoms with Crippen LogP contribution < -0.4 is 10.5 Å². The molecule has 0 aliphatic rings. The Hall–Kier alpha value is -1.60. The number of nitrogens with two attached hydrogens (primary N) is 1. The maximum atomic E-state index is 12.3. The van der Waals surface area contributed by atoms with Crippen molar-refractivity contribution in [3.63, 3.8) is 0 Å². The number of aryl methyl sites for hydroxylation is 1. The zero-order valence-electron chi connectivity index (χ0n) is 11.5. The largest absolute Gasteiger partial charge is 0.375 e. The van der Waals surface area contributed by atoms with Crippen LogP contribution in [0.25, 0.3) is 0 Å². The lowest BCUT2D eigenvalue weighted by Gasteiger charge is -2.09. The quantitative estimate of drug-likeness (QED) is 0.909. The number of hydrogen-bond acceptors (Lipinski definition) is 5. The Labute approximate surface area is 122 Å². The number of benzene rings is 1. The molecule has 1 aromatic carbocycles. The molecular formula is C13H17N3O2S2. The molecule has 0 fully saturated rings. The van der Waals surface area contributed by atoms with Crippen molar-refractivity contribution in [2.45, 2.75) is 30.9 Å². The summed E-state index contributed by atoms with van der Waals surface area (Å²) in [5, 5.41) is 0.248. The van der Waals surface area contributed by atoms with Crippen LogP contribution in [0.3, 0.4) is 0 Å². The minimum atomic E-state index is -3.63. The Morgan fingerprint density at radius 3 is 2.30 bits per heavy atom. The summed E-state index contributed by atoms with van der Waals surface area (Å²) in [7, 11) is -3.63. The second kappa shape index (κ2) is 5.41. The lowest BCUT2D eigenvalue weighted by molar-refractivity contribution is 0.602. The van der Waals surface area contributed by atoms with Crippen LogP contribution in [0.15, 0.2) is 28.5 Å². The van der Waals surface area contributed by atoms with Crippen LogP contribution in [0.1, 0.15) is 31.0 Å². The van der Waals surface area contributed by atoms with Crippen molar-refractivity contribution in [1.82, 2.24) is 4.98 Å². The van der Waals surface area contributed by atoms with E-state index in [-0.39, 0.29) is 9.34 Å². The summed E-state index contributed by atoms with van der Waals surface area (Å²) in [5.41, 5.74) is 7.64. The molecule has 0 amide bonds. The molecule has 2 aromatic rings. The number of hydrogen-bond donors (Lipinski definition) is 2. The van der Waals surface area contributed by atoms with E-state index in [4.69, 9.17) is 5.73 Å². The third-order valence-electron chi connectivity index (χ3n) is 2.84. The lowest BCUT2D eigenvalue weighted by atomic mass is 10.0. The molecule has 0 bridgehead atoms. The van der Waals surface area contributed by atoms with Gasteiger partial charge >= 0.3 is 0 Å². The first-order valence-electron chi connectivity index (χ1n) is 6.15. The second-order valence-electron chi connectivity index (χ2n) is 4.81. The minimum absolute atomic E-state index is 0.155. The van der Waals surface area contributed by atoms with E-state index in [9.17, 15) is 8.42 Å². The molecular weight excluding hydrogens is 294 g/mol. The Morgan fingerprint density at radius 1 is 1.25 bits per heavy atom. The SMILES string of the molecule is Cc1nc(N)sc1S(=O)(=O)Nc1ccc(C(C)C)cc1. The number of aromatic nitrogens is 1. The number of sulfonamides is 1. The fraction of sp³-hybridized carbons (Fsp3) is 0.308. The van der Waals surface area contributed by atoms with Crippen molar-refractivity contribution in [2.75, 3.05) is 10.5 Å². The normalized spacial score (nSPS) is 11.8. The zero-order valence-corrected chi connectivity index (χ0v) is 13.2. The fourth-order valence-corrected chi connectivity index (χ4v) is 4.15. The molecule has 0 unspecified atom stereocenters. The zero-order chi connectivity index (χ0) is 14.9. The molecule has 1 aromatic heterocycles. The van der Waals surface area contributed by atoms with E-state index in [1.165, 1.54) is 0 Å². The predicted molar refractivity (Wildman–Crippen MR) is 82.6 cm³/mol. The maximum absolute atomic E-state index is 12.3. The molecule has 0 spiro atoms. The van der Waals surface area contributed by atoms with Gasteiger partial charge in [-0.2, -0.15) is 0 Å². The molecule has 0 atom stereocenters. The highest BCUT2D eigenvalue weighted by Gasteiger charge is 2.21. The number of nitrogens with one attached hydrogen (secondary N) is 1. The molecule has 108 valence electrons. The number of rotatable bonds is 4. The minimum Gasteiger partial charge on any atom is -0.375 e. The monoisotopic (exact) mass is 311 g/mol. The van der Waals surface area contributed by atoms with E-state index in [1.807, 2.05) is 12.1 Å². The molecule has 0 aliphatic heterocycles. The topological polar surface area (TPSA) is 85.1 Å². The van der Waals surface area contributed by atoms with Gasteiger partial charge in [0.05, 0.1) is 5.69 Å². The van der Waals surface area contributed by atoms with Crippen molar-refractivity contribution in [1.29, 1.82) is 0 Å². The third-order valence-corrected chi connectivity index (χ3v) is 5.82. The highest BCUT2D eigenvalue weighted by atomic mass is 32.2. The average molecular weight is 311 g/mol. The molecule has 20 heavy (non-hydrogen) atoms. The van der Waals surface area contributed by atoms with Crippen LogP contribution in [0.5, 0.6) is 0 Å². The highest BCUT2D eigenvalue weighted by molar-refractivity contribution is 7.94. The molecule has 0 saturated carbocycles. The van der Waals surface area contributed by atoms with Crippen LogP contribution in [-0.4, -0.2) is 13.4 Å². The van der Waals surface area contributed by atoms with Crippen LogP contribution >= 0.6 is 11.3 Å². The summed E-state index contributed by atoms with van der Waals surface area (Å²) in [5.74, 6) is 0.407. The summed E-state index contributed by atoms with van der Waals surface area (Å²) >= 11 is 0.965. The number of nitrogen functional groups attached to an aromatic ring is 1. The molecule has 3 N–H and O–H groups in total. The first kappa shape index (κ1) is 14.8. The Balaban J connectivity index is 2.26. The molecule has 7 heteroatoms. The average Bonchev–Trinajstić information content (AvgIpc) is 2.69. The Bertz CT molecular complexity index is 704. The molecule has 0 aliphatic carbocycles. The van der Waals surface area contributed by atoms with E-state index >= 15 is 0 Å². The summed E-state index contributed by atoms with van der Waals surface area (Å²) in [6.45, 7) is 5.80. The Morgan fingerprint density at radius 2 is 1.85 bits per heavy atom. The Kier molecular flexibility index (Phi) is 4.01. The van der Waals surface area contributed by atoms with Crippen LogP contribution in [0.2, 0.25) is 0 Å². The van der Waals surface area contributed by atoms with Gasteiger partial charge in [0.1, 0.15) is 0 Å². The van der Waals surface area contributed by atoms with Gasteiger partial charge in [0, 0.05) is 5.69 Å². The van der Waals surface area contributed by atoms with E-state index in [1.54, 1.807) is 19.1 Å². The highest BCUT2D eigenvalue weighted by Crippen LogP contribution is 2.27. The van der Waals surface area contributed by atoms with Crippen molar-refractivity contribution in [3.05, 3.63) is 35.5 Å². The maximum Gasteiger partial charge on any atom is 0.273 e. The molecule has 2 rings (SSSR count). The summed E-state index contributed by atoms with van der Waals surface area (Å²) < 4.78 is 27.2. The van der Waals surface area contributed by atoms with Gasteiger partial charge in [-0.15, -0.1) is 0 Å². The third kappa shape index (κ3) is 3.10. The van der Waals surface area contributed by atoms with E-state index in [0.717, 1.165) is 16.9 Å². The smallest absolute Gasteiger partial charge is 0.273 e. The van der Waals surface area contributed by atoms with Gasteiger partial charge in [0.2, 0.25) is 0 Å².